The first-order valence-electron chi connectivity index (χ1n) is 8.08. The van der Waals surface area contributed by atoms with Gasteiger partial charge in [0.2, 0.25) is 11.7 Å². The number of hydrogen-bond acceptors (Lipinski definition) is 5. The first-order chi connectivity index (χ1) is 11.4. The van der Waals surface area contributed by atoms with E-state index in [9.17, 15) is 9.18 Å². The zero-order valence-corrected chi connectivity index (χ0v) is 14.5. The smallest absolute Gasteiger partial charge is 0.254 e. The Kier molecular flexibility index (Phi) is 6.03. The predicted molar refractivity (Wildman–Crippen MR) is 89.1 cm³/mol. The summed E-state index contributed by atoms with van der Waals surface area (Å²) in [6.45, 7) is 10.2. The minimum absolute atomic E-state index is 0.00497. The molecule has 24 heavy (non-hydrogen) atoms. The predicted octanol–water partition coefficient (Wildman–Crippen LogP) is 2.64. The fraction of sp³-hybridized carbons (Fsp3) is 0.471. The van der Waals surface area contributed by atoms with Gasteiger partial charge in [0.05, 0.1) is 5.56 Å². The Morgan fingerprint density at radius 3 is 2.62 bits per heavy atom. The van der Waals surface area contributed by atoms with Gasteiger partial charge in [-0.1, -0.05) is 25.1 Å². The normalized spacial score (nSPS) is 12.4. The molecule has 1 aromatic carbocycles. The molecule has 0 aliphatic heterocycles. The number of carbonyl (C=O) groups is 1. The third kappa shape index (κ3) is 4.38. The zero-order valence-electron chi connectivity index (χ0n) is 14.5. The van der Waals surface area contributed by atoms with Crippen molar-refractivity contribution in [1.29, 1.82) is 0 Å². The van der Waals surface area contributed by atoms with Crippen molar-refractivity contribution in [2.75, 3.05) is 19.6 Å². The van der Waals surface area contributed by atoms with Gasteiger partial charge in [0, 0.05) is 25.1 Å². The van der Waals surface area contributed by atoms with Crippen molar-refractivity contribution < 1.29 is 13.7 Å². The van der Waals surface area contributed by atoms with Crippen LogP contribution in [0, 0.1) is 12.7 Å². The molecule has 0 aliphatic rings. The lowest BCUT2D eigenvalue weighted by atomic mass is 10.1. The van der Waals surface area contributed by atoms with Crippen molar-refractivity contribution in [2.45, 2.75) is 33.7 Å². The molecule has 0 fully saturated rings. The largest absolute Gasteiger partial charge is 0.348 e. The van der Waals surface area contributed by atoms with E-state index in [1.54, 1.807) is 13.0 Å². The Balaban J connectivity index is 2.07. The third-order valence-electron chi connectivity index (χ3n) is 3.80. The summed E-state index contributed by atoms with van der Waals surface area (Å²) in [6, 6.07) is 4.22. The van der Waals surface area contributed by atoms with E-state index in [0.717, 1.165) is 19.6 Å². The van der Waals surface area contributed by atoms with Crippen molar-refractivity contribution in [1.82, 2.24) is 20.4 Å². The lowest BCUT2D eigenvalue weighted by Crippen LogP contribution is -2.42. The molecule has 6 nitrogen and oxygen atoms in total. The summed E-state index contributed by atoms with van der Waals surface area (Å²) in [6.07, 6.45) is 0. The molecule has 0 bridgehead atoms. The quantitative estimate of drug-likeness (QED) is 0.843. The van der Waals surface area contributed by atoms with Crippen LogP contribution in [0.25, 0.3) is 11.4 Å². The van der Waals surface area contributed by atoms with Gasteiger partial charge in [-0.25, -0.2) is 4.39 Å². The van der Waals surface area contributed by atoms with Crippen molar-refractivity contribution in [3.8, 4) is 11.4 Å². The lowest BCUT2D eigenvalue weighted by molar-refractivity contribution is 0.0926. The first kappa shape index (κ1) is 18.1. The topological polar surface area (TPSA) is 71.3 Å². The Morgan fingerprint density at radius 1 is 1.38 bits per heavy atom. The first-order valence-corrected chi connectivity index (χ1v) is 8.08. The van der Waals surface area contributed by atoms with Crippen molar-refractivity contribution >= 4 is 5.91 Å². The zero-order chi connectivity index (χ0) is 17.7. The van der Waals surface area contributed by atoms with Crippen LogP contribution < -0.4 is 5.32 Å². The van der Waals surface area contributed by atoms with E-state index in [-0.39, 0.29) is 11.6 Å². The number of nitrogens with zero attached hydrogens (tertiary/aromatic N) is 3. The molecular weight excluding hydrogens is 311 g/mol. The number of likely N-dealkylation sites (N-methyl/N-ethyl adjacent to an activating group) is 1. The average Bonchev–Trinajstić information content (AvgIpc) is 2.98. The van der Waals surface area contributed by atoms with E-state index < -0.39 is 11.7 Å². The molecule has 0 radical (unpaired) electrons. The standard InChI is InChI=1S/C17H23FN4O2/c1-5-22(6-2)10-11(3)19-17(23)14-8-7-13(9-15(14)18)16-20-12(4)24-21-16/h7-9,11H,5-6,10H2,1-4H3,(H,19,23)/t11-/m1/s1. The number of hydrogen-bond donors (Lipinski definition) is 1. The summed E-state index contributed by atoms with van der Waals surface area (Å²) < 4.78 is 19.2. The maximum absolute atomic E-state index is 14.3. The van der Waals surface area contributed by atoms with E-state index in [1.807, 2.05) is 6.92 Å². The Labute approximate surface area is 141 Å². The minimum Gasteiger partial charge on any atom is -0.348 e. The highest BCUT2D eigenvalue weighted by Gasteiger charge is 2.17. The van der Waals surface area contributed by atoms with Gasteiger partial charge >= 0.3 is 0 Å². The number of carbonyl (C=O) groups excluding carboxylic acids is 1. The Bertz CT molecular complexity index is 698. The molecule has 130 valence electrons. The van der Waals surface area contributed by atoms with Crippen LogP contribution in [-0.2, 0) is 0 Å². The number of rotatable bonds is 7. The van der Waals surface area contributed by atoms with E-state index >= 15 is 0 Å². The summed E-state index contributed by atoms with van der Waals surface area (Å²) in [5.74, 6) is -0.337. The maximum atomic E-state index is 14.3. The summed E-state index contributed by atoms with van der Waals surface area (Å²) in [5.41, 5.74) is 0.474. The number of nitrogens with one attached hydrogen (secondary N) is 1. The number of aryl methyl sites for hydroxylation is 1. The highest BCUT2D eigenvalue weighted by Crippen LogP contribution is 2.19. The monoisotopic (exact) mass is 334 g/mol. The van der Waals surface area contributed by atoms with Gasteiger partial charge in [-0.15, -0.1) is 0 Å². The number of halogens is 1. The van der Waals surface area contributed by atoms with Gasteiger partial charge in [-0.3, -0.25) is 4.79 Å². The van der Waals surface area contributed by atoms with Crippen LogP contribution in [0.1, 0.15) is 37.0 Å². The molecule has 0 spiro atoms. The van der Waals surface area contributed by atoms with Crippen LogP contribution in [0.5, 0.6) is 0 Å². The molecule has 0 saturated carbocycles. The van der Waals surface area contributed by atoms with E-state index in [4.69, 9.17) is 4.52 Å². The molecule has 0 aliphatic carbocycles. The number of aromatic nitrogens is 2. The number of benzene rings is 1. The van der Waals surface area contributed by atoms with Gasteiger partial charge in [0.1, 0.15) is 5.82 Å². The third-order valence-corrected chi connectivity index (χ3v) is 3.80. The van der Waals surface area contributed by atoms with Crippen LogP contribution in [0.3, 0.4) is 0 Å². The second-order valence-electron chi connectivity index (χ2n) is 5.69. The molecule has 1 amide bonds. The average molecular weight is 334 g/mol. The van der Waals surface area contributed by atoms with Crippen LogP contribution >= 0.6 is 0 Å². The summed E-state index contributed by atoms with van der Waals surface area (Å²) in [4.78, 5) is 18.5. The molecule has 1 heterocycles. The Morgan fingerprint density at radius 2 is 2.08 bits per heavy atom. The van der Waals surface area contributed by atoms with Crippen molar-refractivity contribution in [3.05, 3.63) is 35.5 Å². The fourth-order valence-corrected chi connectivity index (χ4v) is 2.47. The van der Waals surface area contributed by atoms with Crippen molar-refractivity contribution in [2.24, 2.45) is 0 Å². The van der Waals surface area contributed by atoms with Crippen molar-refractivity contribution in [3.63, 3.8) is 0 Å². The van der Waals surface area contributed by atoms with Gasteiger partial charge in [0.25, 0.3) is 5.91 Å². The molecule has 2 aromatic rings. The van der Waals surface area contributed by atoms with Crippen LogP contribution in [0.2, 0.25) is 0 Å². The van der Waals surface area contributed by atoms with Gasteiger partial charge in [0.15, 0.2) is 0 Å². The second-order valence-corrected chi connectivity index (χ2v) is 5.69. The van der Waals surface area contributed by atoms with Gasteiger partial charge in [-0.05, 0) is 32.1 Å². The molecule has 7 heteroatoms. The second kappa shape index (κ2) is 8.01. The van der Waals surface area contributed by atoms with E-state index in [0.29, 0.717) is 17.3 Å². The minimum atomic E-state index is -0.609. The SMILES string of the molecule is CCN(CC)C[C@@H](C)NC(=O)c1ccc(-c2noc(C)n2)cc1F. The molecule has 1 N–H and O–H groups in total. The fourth-order valence-electron chi connectivity index (χ4n) is 2.47. The lowest BCUT2D eigenvalue weighted by Gasteiger charge is -2.23. The molecule has 2 rings (SSSR count). The molecule has 1 aromatic heterocycles. The molecule has 0 saturated heterocycles. The van der Waals surface area contributed by atoms with Gasteiger partial charge < -0.3 is 14.7 Å². The van der Waals surface area contributed by atoms with Crippen LogP contribution in [0.15, 0.2) is 22.7 Å². The molecule has 1 atom stereocenters. The number of amides is 1. The maximum Gasteiger partial charge on any atom is 0.254 e. The Hall–Kier alpha value is -2.28. The van der Waals surface area contributed by atoms with Crippen LogP contribution in [-0.4, -0.2) is 46.6 Å². The summed E-state index contributed by atoms with van der Waals surface area (Å²) in [7, 11) is 0. The summed E-state index contributed by atoms with van der Waals surface area (Å²) >= 11 is 0. The summed E-state index contributed by atoms with van der Waals surface area (Å²) in [5, 5.41) is 6.57. The van der Waals surface area contributed by atoms with Gasteiger partial charge in [-0.2, -0.15) is 4.98 Å². The van der Waals surface area contributed by atoms with E-state index in [1.165, 1.54) is 12.1 Å². The van der Waals surface area contributed by atoms with Crippen LogP contribution in [0.4, 0.5) is 4.39 Å². The molecular formula is C17H23FN4O2. The van der Waals surface area contributed by atoms with E-state index in [2.05, 4.69) is 34.2 Å². The molecule has 0 unspecified atom stereocenters. The highest BCUT2D eigenvalue weighted by atomic mass is 19.1. The highest BCUT2D eigenvalue weighted by molar-refractivity contribution is 5.95.